The number of anilines is 1. The average Bonchev–Trinajstić information content (AvgIpc) is 3.18. The van der Waals surface area contributed by atoms with Crippen LogP contribution in [-0.4, -0.2) is 55.5 Å². The van der Waals surface area contributed by atoms with Crippen LogP contribution < -0.4 is 15.4 Å². The first-order valence-electron chi connectivity index (χ1n) is 9.65. The average molecular weight is 376 g/mol. The number of likely N-dealkylation sites (tertiary alicyclic amines) is 1. The van der Waals surface area contributed by atoms with Gasteiger partial charge in [0.15, 0.2) is 4.77 Å². The summed E-state index contributed by atoms with van der Waals surface area (Å²) in [5.41, 5.74) is 1.92. The van der Waals surface area contributed by atoms with E-state index in [1.165, 1.54) is 25.9 Å². The van der Waals surface area contributed by atoms with Gasteiger partial charge in [0.25, 0.3) is 5.56 Å². The summed E-state index contributed by atoms with van der Waals surface area (Å²) in [5.74, 6) is 0. The largest absolute Gasteiger partial charge is 0.378 e. The van der Waals surface area contributed by atoms with Crippen LogP contribution in [0.25, 0.3) is 10.9 Å². The lowest BCUT2D eigenvalue weighted by Gasteiger charge is -2.29. The normalized spacial score (nSPS) is 18.7. The number of nitrogens with one attached hydrogen (secondary N) is 2. The van der Waals surface area contributed by atoms with Gasteiger partial charge in [-0.1, -0.05) is 0 Å². The molecule has 6 nitrogen and oxygen atoms in total. The van der Waals surface area contributed by atoms with Crippen molar-refractivity contribution in [3.05, 3.63) is 33.3 Å². The van der Waals surface area contributed by atoms with Crippen molar-refractivity contribution in [2.45, 2.75) is 25.8 Å². The third kappa shape index (κ3) is 3.70. The number of morpholine rings is 1. The molecule has 4 rings (SSSR count). The van der Waals surface area contributed by atoms with Crippen LogP contribution >= 0.6 is 12.2 Å². The van der Waals surface area contributed by atoms with Gasteiger partial charge in [-0.25, -0.2) is 0 Å². The fourth-order valence-electron chi connectivity index (χ4n) is 4.07. The maximum Gasteiger partial charge on any atom is 0.262 e. The van der Waals surface area contributed by atoms with Gasteiger partial charge in [-0.05, 0) is 30.4 Å². The Kier molecular flexibility index (Phi) is 5.38. The molecule has 1 aromatic carbocycles. The van der Waals surface area contributed by atoms with E-state index < -0.39 is 0 Å². The highest BCUT2D eigenvalue weighted by Crippen LogP contribution is 2.20. The monoisotopic (exact) mass is 375 g/mol. The maximum absolute atomic E-state index is 13.0. The molecule has 0 radical (unpaired) electrons. The topological polar surface area (TPSA) is 54.7 Å². The van der Waals surface area contributed by atoms with Crippen molar-refractivity contribution in [1.29, 1.82) is 0 Å². The zero-order valence-electron chi connectivity index (χ0n) is 15.1. The second kappa shape index (κ2) is 7.90. The van der Waals surface area contributed by atoms with Crippen molar-refractivity contribution in [2.75, 3.05) is 50.8 Å². The number of aromatic amines is 1. The van der Waals surface area contributed by atoms with E-state index in [0.717, 1.165) is 55.9 Å². The number of hydrogen-bond acceptors (Lipinski definition) is 4. The first-order valence-corrected chi connectivity index (χ1v) is 10.1. The molecule has 26 heavy (non-hydrogen) atoms. The lowest BCUT2D eigenvalue weighted by Crippen LogP contribution is -3.10. The molecule has 2 aliphatic rings. The van der Waals surface area contributed by atoms with Crippen LogP contribution in [0.5, 0.6) is 0 Å². The third-order valence-electron chi connectivity index (χ3n) is 5.56. The minimum atomic E-state index is 0.0234. The van der Waals surface area contributed by atoms with E-state index in [4.69, 9.17) is 17.0 Å². The highest BCUT2D eigenvalue weighted by Gasteiger charge is 2.16. The van der Waals surface area contributed by atoms with Crippen molar-refractivity contribution in [2.24, 2.45) is 0 Å². The zero-order valence-corrected chi connectivity index (χ0v) is 15.9. The zero-order chi connectivity index (χ0) is 17.9. The van der Waals surface area contributed by atoms with E-state index in [2.05, 4.69) is 16.0 Å². The van der Waals surface area contributed by atoms with Crippen LogP contribution in [0.15, 0.2) is 23.0 Å². The molecule has 0 unspecified atom stereocenters. The van der Waals surface area contributed by atoms with Crippen molar-refractivity contribution in [1.82, 2.24) is 9.55 Å². The molecule has 0 spiro atoms. The van der Waals surface area contributed by atoms with Crippen molar-refractivity contribution in [3.8, 4) is 0 Å². The van der Waals surface area contributed by atoms with E-state index in [1.54, 1.807) is 9.47 Å². The number of ether oxygens (including phenoxy) is 1. The number of hydrogen-bond donors (Lipinski definition) is 2. The lowest BCUT2D eigenvalue weighted by atomic mass is 10.2. The van der Waals surface area contributed by atoms with Crippen molar-refractivity contribution in [3.63, 3.8) is 0 Å². The van der Waals surface area contributed by atoms with Gasteiger partial charge in [-0.3, -0.25) is 9.36 Å². The molecule has 0 saturated carbocycles. The van der Waals surface area contributed by atoms with Gasteiger partial charge in [0.05, 0.1) is 43.8 Å². The Morgan fingerprint density at radius 2 is 1.96 bits per heavy atom. The first kappa shape index (κ1) is 17.7. The molecule has 0 aliphatic carbocycles. The number of fused-ring (bicyclic) bond motifs is 1. The fourth-order valence-corrected chi connectivity index (χ4v) is 4.36. The number of rotatable bonds is 5. The van der Waals surface area contributed by atoms with Crippen molar-refractivity contribution >= 4 is 28.8 Å². The molecule has 1 aromatic heterocycles. The Morgan fingerprint density at radius 3 is 2.73 bits per heavy atom. The molecule has 3 heterocycles. The Labute approximate surface area is 158 Å². The quantitative estimate of drug-likeness (QED) is 0.765. The molecule has 7 heteroatoms. The van der Waals surface area contributed by atoms with Gasteiger partial charge in [-0.15, -0.1) is 0 Å². The molecular formula is C19H27N4O2S+. The van der Waals surface area contributed by atoms with Gasteiger partial charge < -0.3 is 19.5 Å². The number of quaternary nitrogens is 1. The summed E-state index contributed by atoms with van der Waals surface area (Å²) in [5, 5.41) is 0.719. The minimum absolute atomic E-state index is 0.0234. The smallest absolute Gasteiger partial charge is 0.262 e. The van der Waals surface area contributed by atoms with E-state index in [1.807, 2.05) is 12.1 Å². The molecule has 140 valence electrons. The third-order valence-corrected chi connectivity index (χ3v) is 5.89. The van der Waals surface area contributed by atoms with Crippen molar-refractivity contribution < 1.29 is 9.64 Å². The summed E-state index contributed by atoms with van der Waals surface area (Å²) in [6, 6.07) is 6.02. The summed E-state index contributed by atoms with van der Waals surface area (Å²) in [6.45, 7) is 7.53. The van der Waals surface area contributed by atoms with Crippen LogP contribution in [0, 0.1) is 4.77 Å². The Morgan fingerprint density at radius 1 is 1.19 bits per heavy atom. The van der Waals surface area contributed by atoms with Gasteiger partial charge >= 0.3 is 0 Å². The molecule has 2 saturated heterocycles. The molecule has 2 aromatic rings. The molecule has 0 amide bonds. The molecule has 2 aliphatic heterocycles. The van der Waals surface area contributed by atoms with Gasteiger partial charge in [0.2, 0.25) is 0 Å². The van der Waals surface area contributed by atoms with E-state index in [-0.39, 0.29) is 5.56 Å². The van der Waals surface area contributed by atoms with E-state index in [9.17, 15) is 4.79 Å². The predicted octanol–water partition coefficient (Wildman–Crippen LogP) is 0.964. The Balaban J connectivity index is 1.58. The molecule has 2 N–H and O–H groups in total. The maximum atomic E-state index is 13.0. The SMILES string of the molecule is O=c1c2cc(N3CCOCC3)ccc2[nH]c(=S)n1CCC[NH+]1CCCC1. The van der Waals surface area contributed by atoms with Crippen LogP contribution in [0.1, 0.15) is 19.3 Å². The van der Waals surface area contributed by atoms with Gasteiger partial charge in [-0.2, -0.15) is 0 Å². The molecular weight excluding hydrogens is 348 g/mol. The number of nitrogens with zero attached hydrogens (tertiary/aromatic N) is 2. The summed E-state index contributed by atoms with van der Waals surface area (Å²) in [7, 11) is 0. The van der Waals surface area contributed by atoms with Crippen LogP contribution in [0.2, 0.25) is 0 Å². The van der Waals surface area contributed by atoms with E-state index >= 15 is 0 Å². The molecule has 0 bridgehead atoms. The number of H-pyrrole nitrogens is 1. The molecule has 0 atom stereocenters. The van der Waals surface area contributed by atoms with Crippen LogP contribution in [0.3, 0.4) is 0 Å². The van der Waals surface area contributed by atoms with Gasteiger partial charge in [0.1, 0.15) is 0 Å². The fraction of sp³-hybridized carbons (Fsp3) is 0.579. The highest BCUT2D eigenvalue weighted by molar-refractivity contribution is 7.71. The summed E-state index contributed by atoms with van der Waals surface area (Å²) in [4.78, 5) is 20.2. The highest BCUT2D eigenvalue weighted by atomic mass is 32.1. The first-order chi connectivity index (χ1) is 12.7. The number of benzene rings is 1. The Bertz CT molecular complexity index is 879. The van der Waals surface area contributed by atoms with Gasteiger partial charge in [0, 0.05) is 44.6 Å². The standard InChI is InChI=1S/C19H26N4O2S/c24-18-16-14-15(22-10-12-25-13-11-22)4-5-17(16)20-19(26)23(18)9-3-8-21-6-1-2-7-21/h4-5,14H,1-3,6-13H2,(H,20,26)/p+1. The van der Waals surface area contributed by atoms with Crippen LogP contribution in [-0.2, 0) is 11.3 Å². The Hall–Kier alpha value is -1.70. The second-order valence-electron chi connectivity index (χ2n) is 7.28. The molecule has 2 fully saturated rings. The second-order valence-corrected chi connectivity index (χ2v) is 7.66. The summed E-state index contributed by atoms with van der Waals surface area (Å²) in [6.07, 6.45) is 3.65. The lowest BCUT2D eigenvalue weighted by molar-refractivity contribution is -0.887. The minimum Gasteiger partial charge on any atom is -0.378 e. The van der Waals surface area contributed by atoms with E-state index in [0.29, 0.717) is 11.3 Å². The van der Waals surface area contributed by atoms with Crippen LogP contribution in [0.4, 0.5) is 5.69 Å². The summed E-state index contributed by atoms with van der Waals surface area (Å²) < 4.78 is 7.68. The summed E-state index contributed by atoms with van der Waals surface area (Å²) >= 11 is 5.45. The number of aromatic nitrogens is 2. The predicted molar refractivity (Wildman–Crippen MR) is 106 cm³/mol.